The van der Waals surface area contributed by atoms with Gasteiger partial charge in [-0.2, -0.15) is 0 Å². The Morgan fingerprint density at radius 3 is 2.75 bits per heavy atom. The van der Waals surface area contributed by atoms with Gasteiger partial charge in [-0.1, -0.05) is 13.0 Å². The summed E-state index contributed by atoms with van der Waals surface area (Å²) in [6, 6.07) is 0. The Morgan fingerprint density at radius 2 is 2.38 bits per heavy atom. The lowest BCUT2D eigenvalue weighted by Crippen LogP contribution is -2.32. The lowest BCUT2D eigenvalue weighted by Gasteiger charge is -2.06. The molecule has 8 heavy (non-hydrogen) atoms. The number of hydrogen-bond donors (Lipinski definition) is 2. The van der Waals surface area contributed by atoms with Crippen LogP contribution in [0.15, 0.2) is 12.3 Å². The minimum Gasteiger partial charge on any atom is -0.376 e. The maximum Gasteiger partial charge on any atom is 0.0735 e. The first-order valence-corrected chi connectivity index (χ1v) is 2.94. The van der Waals surface area contributed by atoms with E-state index in [-0.39, 0.29) is 6.17 Å². The van der Waals surface area contributed by atoms with Crippen molar-refractivity contribution in [3.8, 4) is 0 Å². The lowest BCUT2D eigenvalue weighted by atomic mass is 10.4. The molecule has 0 radical (unpaired) electrons. The summed E-state index contributed by atoms with van der Waals surface area (Å²) in [5.41, 5.74) is 5.50. The number of nitrogens with one attached hydrogen (secondary N) is 1. The van der Waals surface area contributed by atoms with Crippen molar-refractivity contribution < 1.29 is 0 Å². The quantitative estimate of drug-likeness (QED) is 0.533. The van der Waals surface area contributed by atoms with Gasteiger partial charge in [0.15, 0.2) is 0 Å². The van der Waals surface area contributed by atoms with Crippen molar-refractivity contribution in [1.29, 1.82) is 0 Å². The summed E-state index contributed by atoms with van der Waals surface area (Å²) < 4.78 is 0. The van der Waals surface area contributed by atoms with Crippen LogP contribution < -0.4 is 11.1 Å². The molecule has 0 fully saturated rings. The summed E-state index contributed by atoms with van der Waals surface area (Å²) in [4.78, 5) is 0. The van der Waals surface area contributed by atoms with Crippen LogP contribution in [0.25, 0.3) is 0 Å². The second-order valence-electron chi connectivity index (χ2n) is 1.68. The zero-order valence-electron chi connectivity index (χ0n) is 5.52. The van der Waals surface area contributed by atoms with Gasteiger partial charge in [-0.3, -0.25) is 0 Å². The van der Waals surface area contributed by atoms with Crippen molar-refractivity contribution in [3.63, 3.8) is 0 Å². The van der Waals surface area contributed by atoms with Crippen LogP contribution in [0.1, 0.15) is 20.3 Å². The first-order chi connectivity index (χ1) is 3.81. The first kappa shape index (κ1) is 7.50. The van der Waals surface area contributed by atoms with Crippen LogP contribution in [0.4, 0.5) is 0 Å². The Kier molecular flexibility index (Phi) is 4.36. The SMILES string of the molecule is C/C=C\N[C@H](N)CC. The van der Waals surface area contributed by atoms with Gasteiger partial charge in [-0.15, -0.1) is 0 Å². The molecular weight excluding hydrogens is 100 g/mol. The zero-order chi connectivity index (χ0) is 6.41. The zero-order valence-corrected chi connectivity index (χ0v) is 5.52. The predicted molar refractivity (Wildman–Crippen MR) is 36.2 cm³/mol. The third-order valence-electron chi connectivity index (χ3n) is 0.917. The minimum absolute atomic E-state index is 0.117. The summed E-state index contributed by atoms with van der Waals surface area (Å²) in [5.74, 6) is 0. The van der Waals surface area contributed by atoms with Crippen molar-refractivity contribution in [3.05, 3.63) is 12.3 Å². The topological polar surface area (TPSA) is 38.0 Å². The van der Waals surface area contributed by atoms with Crippen LogP contribution in [0.2, 0.25) is 0 Å². The van der Waals surface area contributed by atoms with E-state index in [0.29, 0.717) is 0 Å². The molecule has 2 heteroatoms. The third kappa shape index (κ3) is 3.68. The van der Waals surface area contributed by atoms with E-state index in [0.717, 1.165) is 6.42 Å². The molecule has 0 aromatic rings. The smallest absolute Gasteiger partial charge is 0.0735 e. The second kappa shape index (κ2) is 4.65. The van der Waals surface area contributed by atoms with E-state index in [1.807, 2.05) is 26.1 Å². The van der Waals surface area contributed by atoms with Gasteiger partial charge < -0.3 is 11.1 Å². The molecule has 0 heterocycles. The van der Waals surface area contributed by atoms with Crippen LogP contribution >= 0.6 is 0 Å². The Hall–Kier alpha value is -0.500. The molecule has 0 aliphatic carbocycles. The van der Waals surface area contributed by atoms with Gasteiger partial charge in [0.05, 0.1) is 6.17 Å². The van der Waals surface area contributed by atoms with Crippen molar-refractivity contribution in [1.82, 2.24) is 5.32 Å². The van der Waals surface area contributed by atoms with E-state index >= 15 is 0 Å². The standard InChI is InChI=1S/C6H14N2/c1-3-5-8-6(7)4-2/h3,5-6,8H,4,7H2,1-2H3/b5-3-/t6-/m0/s1. The van der Waals surface area contributed by atoms with Gasteiger partial charge in [0, 0.05) is 0 Å². The fourth-order valence-electron chi connectivity index (χ4n) is 0.338. The van der Waals surface area contributed by atoms with Crippen LogP contribution in [-0.2, 0) is 0 Å². The lowest BCUT2D eigenvalue weighted by molar-refractivity contribution is 0.591. The monoisotopic (exact) mass is 114 g/mol. The largest absolute Gasteiger partial charge is 0.376 e. The Morgan fingerprint density at radius 1 is 1.75 bits per heavy atom. The maximum atomic E-state index is 5.50. The summed E-state index contributed by atoms with van der Waals surface area (Å²) in [7, 11) is 0. The maximum absolute atomic E-state index is 5.50. The summed E-state index contributed by atoms with van der Waals surface area (Å²) in [5, 5.41) is 2.98. The van der Waals surface area contributed by atoms with E-state index < -0.39 is 0 Å². The van der Waals surface area contributed by atoms with Gasteiger partial charge in [0.1, 0.15) is 0 Å². The van der Waals surface area contributed by atoms with E-state index in [1.54, 1.807) is 0 Å². The molecule has 3 N–H and O–H groups in total. The molecule has 0 aliphatic rings. The highest BCUT2D eigenvalue weighted by Gasteiger charge is 1.88. The van der Waals surface area contributed by atoms with Gasteiger partial charge in [0.25, 0.3) is 0 Å². The molecule has 2 nitrogen and oxygen atoms in total. The highest BCUT2D eigenvalue weighted by atomic mass is 15.0. The molecule has 0 aromatic carbocycles. The van der Waals surface area contributed by atoms with Crippen molar-refractivity contribution in [2.45, 2.75) is 26.4 Å². The molecule has 0 unspecified atom stereocenters. The number of rotatable bonds is 3. The summed E-state index contributed by atoms with van der Waals surface area (Å²) >= 11 is 0. The molecule has 0 rings (SSSR count). The van der Waals surface area contributed by atoms with E-state index in [1.165, 1.54) is 0 Å². The number of allylic oxidation sites excluding steroid dienone is 1. The van der Waals surface area contributed by atoms with Crippen LogP contribution in [0.3, 0.4) is 0 Å². The number of hydrogen-bond acceptors (Lipinski definition) is 2. The molecule has 0 aromatic heterocycles. The van der Waals surface area contributed by atoms with E-state index in [9.17, 15) is 0 Å². The molecule has 0 spiro atoms. The molecule has 48 valence electrons. The van der Waals surface area contributed by atoms with Gasteiger partial charge in [0.2, 0.25) is 0 Å². The first-order valence-electron chi connectivity index (χ1n) is 2.94. The van der Waals surface area contributed by atoms with Crippen molar-refractivity contribution >= 4 is 0 Å². The minimum atomic E-state index is 0.117. The van der Waals surface area contributed by atoms with Gasteiger partial charge in [-0.25, -0.2) is 0 Å². The van der Waals surface area contributed by atoms with Gasteiger partial charge in [-0.05, 0) is 19.5 Å². The molecule has 0 bridgehead atoms. The second-order valence-corrected chi connectivity index (χ2v) is 1.68. The fraction of sp³-hybridized carbons (Fsp3) is 0.667. The molecule has 0 saturated heterocycles. The Labute approximate surface area is 50.8 Å². The van der Waals surface area contributed by atoms with Crippen LogP contribution in [0.5, 0.6) is 0 Å². The van der Waals surface area contributed by atoms with Gasteiger partial charge >= 0.3 is 0 Å². The molecule has 0 amide bonds. The van der Waals surface area contributed by atoms with Crippen LogP contribution in [0, 0.1) is 0 Å². The molecule has 0 aliphatic heterocycles. The van der Waals surface area contributed by atoms with E-state index in [2.05, 4.69) is 5.32 Å². The molecular formula is C6H14N2. The normalized spacial score (nSPS) is 14.4. The molecule has 0 saturated carbocycles. The third-order valence-corrected chi connectivity index (χ3v) is 0.917. The highest BCUT2D eigenvalue weighted by Crippen LogP contribution is 1.78. The fourth-order valence-corrected chi connectivity index (χ4v) is 0.338. The highest BCUT2D eigenvalue weighted by molar-refractivity contribution is 4.76. The predicted octanol–water partition coefficient (Wildman–Crippen LogP) is 0.804. The number of nitrogens with two attached hydrogens (primary N) is 1. The summed E-state index contributed by atoms with van der Waals surface area (Å²) in [6.07, 6.45) is 4.86. The van der Waals surface area contributed by atoms with Crippen LogP contribution in [-0.4, -0.2) is 6.17 Å². The average molecular weight is 114 g/mol. The van der Waals surface area contributed by atoms with Crippen molar-refractivity contribution in [2.75, 3.05) is 0 Å². The molecule has 1 atom stereocenters. The Bertz CT molecular complexity index is 68.9. The average Bonchev–Trinajstić information content (AvgIpc) is 1.83. The summed E-state index contributed by atoms with van der Waals surface area (Å²) in [6.45, 7) is 4.00. The Balaban J connectivity index is 3.10. The van der Waals surface area contributed by atoms with E-state index in [4.69, 9.17) is 5.73 Å². The van der Waals surface area contributed by atoms with Crippen molar-refractivity contribution in [2.24, 2.45) is 5.73 Å².